The van der Waals surface area contributed by atoms with Crippen LogP contribution in [0.25, 0.3) is 5.57 Å². The zero-order chi connectivity index (χ0) is 13.9. The Morgan fingerprint density at radius 2 is 1.95 bits per heavy atom. The molecule has 2 heterocycles. The second-order valence-electron chi connectivity index (χ2n) is 6.62. The van der Waals surface area contributed by atoms with E-state index >= 15 is 0 Å². The van der Waals surface area contributed by atoms with Crippen LogP contribution in [0.5, 0.6) is 0 Å². The average molecular weight is 268 g/mol. The van der Waals surface area contributed by atoms with Gasteiger partial charge >= 0.3 is 0 Å². The van der Waals surface area contributed by atoms with Gasteiger partial charge in [0.15, 0.2) is 0 Å². The van der Waals surface area contributed by atoms with E-state index in [4.69, 9.17) is 0 Å². The third kappa shape index (κ3) is 1.62. The van der Waals surface area contributed by atoms with Crippen LogP contribution in [-0.2, 0) is 4.79 Å². The van der Waals surface area contributed by atoms with Crippen molar-refractivity contribution < 1.29 is 4.79 Å². The molecule has 3 nitrogen and oxygen atoms in total. The smallest absolute Gasteiger partial charge is 0.243 e. The standard InChI is InChI=1S/C17H20N2O/c1-17(2)11-14(12-7-8-12)13-5-3-4-6-15(13)18-10-9-16(20)19(17)18/h3-6,11-12H,7-10H2,1-2H3. The van der Waals surface area contributed by atoms with Gasteiger partial charge in [-0.05, 0) is 44.2 Å². The molecule has 4 rings (SSSR count). The third-order valence-electron chi connectivity index (χ3n) is 4.58. The zero-order valence-electron chi connectivity index (χ0n) is 12.1. The molecule has 0 bridgehead atoms. The maximum absolute atomic E-state index is 12.3. The Hall–Kier alpha value is -1.77. The van der Waals surface area contributed by atoms with E-state index in [1.54, 1.807) is 0 Å². The Bertz CT molecular complexity index is 613. The van der Waals surface area contributed by atoms with Gasteiger partial charge in [-0.3, -0.25) is 9.80 Å². The summed E-state index contributed by atoms with van der Waals surface area (Å²) in [7, 11) is 0. The van der Waals surface area contributed by atoms with Crippen LogP contribution in [0.2, 0.25) is 0 Å². The molecular weight excluding hydrogens is 248 g/mol. The van der Waals surface area contributed by atoms with Gasteiger partial charge in [-0.2, -0.15) is 0 Å². The van der Waals surface area contributed by atoms with Gasteiger partial charge in [0.05, 0.1) is 11.2 Å². The lowest BCUT2D eigenvalue weighted by Gasteiger charge is -2.39. The van der Waals surface area contributed by atoms with Crippen LogP contribution in [0, 0.1) is 5.92 Å². The summed E-state index contributed by atoms with van der Waals surface area (Å²) in [4.78, 5) is 12.3. The Kier molecular flexibility index (Phi) is 2.33. The van der Waals surface area contributed by atoms with E-state index in [2.05, 4.69) is 49.2 Å². The van der Waals surface area contributed by atoms with Crippen molar-refractivity contribution in [3.8, 4) is 0 Å². The fourth-order valence-electron chi connectivity index (χ4n) is 3.60. The number of carbonyl (C=O) groups excluding carboxylic acids is 1. The second kappa shape index (κ2) is 3.87. The van der Waals surface area contributed by atoms with Crippen LogP contribution < -0.4 is 5.01 Å². The SMILES string of the molecule is CC1(C)C=C(C2CC2)c2ccccc2N2CCC(=O)N21. The van der Waals surface area contributed by atoms with E-state index in [0.29, 0.717) is 12.3 Å². The van der Waals surface area contributed by atoms with Crippen molar-refractivity contribution in [2.75, 3.05) is 11.6 Å². The molecule has 1 aromatic rings. The number of nitrogens with zero attached hydrogens (tertiary/aromatic N) is 2. The largest absolute Gasteiger partial charge is 0.281 e. The highest BCUT2D eigenvalue weighted by atomic mass is 16.2. The molecule has 0 aromatic heterocycles. The number of anilines is 1. The van der Waals surface area contributed by atoms with Gasteiger partial charge < -0.3 is 0 Å². The van der Waals surface area contributed by atoms with E-state index < -0.39 is 0 Å². The Balaban J connectivity index is 1.95. The molecule has 0 atom stereocenters. The second-order valence-corrected chi connectivity index (χ2v) is 6.62. The minimum absolute atomic E-state index is 0.234. The number of para-hydroxylation sites is 1. The lowest BCUT2D eigenvalue weighted by molar-refractivity contribution is -0.131. The fourth-order valence-corrected chi connectivity index (χ4v) is 3.60. The Labute approximate surface area is 119 Å². The van der Waals surface area contributed by atoms with Gasteiger partial charge in [-0.1, -0.05) is 24.3 Å². The van der Waals surface area contributed by atoms with Crippen molar-refractivity contribution in [2.24, 2.45) is 5.92 Å². The number of rotatable bonds is 1. The van der Waals surface area contributed by atoms with Crippen molar-refractivity contribution in [2.45, 2.75) is 38.6 Å². The Morgan fingerprint density at radius 3 is 2.70 bits per heavy atom. The van der Waals surface area contributed by atoms with Crippen LogP contribution in [0.3, 0.4) is 0 Å². The summed E-state index contributed by atoms with van der Waals surface area (Å²) >= 11 is 0. The van der Waals surface area contributed by atoms with Crippen molar-refractivity contribution >= 4 is 17.2 Å². The van der Waals surface area contributed by atoms with Crippen LogP contribution in [0.1, 0.15) is 38.7 Å². The zero-order valence-corrected chi connectivity index (χ0v) is 12.1. The molecule has 0 unspecified atom stereocenters. The molecule has 0 radical (unpaired) electrons. The lowest BCUT2D eigenvalue weighted by atomic mass is 9.93. The maximum atomic E-state index is 12.3. The van der Waals surface area contributed by atoms with E-state index in [0.717, 1.165) is 6.54 Å². The predicted octanol–water partition coefficient (Wildman–Crippen LogP) is 3.23. The summed E-state index contributed by atoms with van der Waals surface area (Å²) in [6, 6.07) is 8.54. The first-order valence-corrected chi connectivity index (χ1v) is 7.50. The van der Waals surface area contributed by atoms with Crippen LogP contribution in [-0.4, -0.2) is 23.0 Å². The fraction of sp³-hybridized carbons (Fsp3) is 0.471. The summed E-state index contributed by atoms with van der Waals surface area (Å²) in [6.07, 6.45) is 5.51. The highest BCUT2D eigenvalue weighted by molar-refractivity contribution is 5.89. The van der Waals surface area contributed by atoms with Gasteiger partial charge in [-0.15, -0.1) is 0 Å². The quantitative estimate of drug-likeness (QED) is 0.780. The summed E-state index contributed by atoms with van der Waals surface area (Å²) in [5, 5.41) is 4.14. The van der Waals surface area contributed by atoms with E-state index in [-0.39, 0.29) is 11.4 Å². The molecule has 0 N–H and O–H groups in total. The first kappa shape index (κ1) is 12.0. The normalized spacial score (nSPS) is 24.1. The molecule has 1 aliphatic carbocycles. The van der Waals surface area contributed by atoms with Gasteiger partial charge in [0, 0.05) is 18.5 Å². The number of allylic oxidation sites excluding steroid dienone is 1. The molecular formula is C17H20N2O. The number of hydrogen-bond acceptors (Lipinski definition) is 2. The topological polar surface area (TPSA) is 23.6 Å². The molecule has 1 saturated carbocycles. The van der Waals surface area contributed by atoms with E-state index in [9.17, 15) is 4.79 Å². The van der Waals surface area contributed by atoms with Gasteiger partial charge in [0.1, 0.15) is 0 Å². The molecule has 2 fully saturated rings. The van der Waals surface area contributed by atoms with Gasteiger partial charge in [-0.25, -0.2) is 5.01 Å². The molecule has 1 aromatic carbocycles. The lowest BCUT2D eigenvalue weighted by Crippen LogP contribution is -2.51. The number of amides is 1. The number of carbonyl (C=O) groups is 1. The minimum Gasteiger partial charge on any atom is -0.281 e. The molecule has 2 aliphatic heterocycles. The van der Waals surface area contributed by atoms with Crippen LogP contribution in [0.15, 0.2) is 30.3 Å². The van der Waals surface area contributed by atoms with Crippen molar-refractivity contribution in [1.82, 2.24) is 5.01 Å². The molecule has 1 saturated heterocycles. The number of hydrazine groups is 1. The Morgan fingerprint density at radius 1 is 1.20 bits per heavy atom. The van der Waals surface area contributed by atoms with Crippen molar-refractivity contribution in [3.63, 3.8) is 0 Å². The third-order valence-corrected chi connectivity index (χ3v) is 4.58. The first-order chi connectivity index (χ1) is 9.58. The van der Waals surface area contributed by atoms with Crippen LogP contribution in [0.4, 0.5) is 5.69 Å². The van der Waals surface area contributed by atoms with Crippen molar-refractivity contribution in [1.29, 1.82) is 0 Å². The molecule has 20 heavy (non-hydrogen) atoms. The number of benzene rings is 1. The van der Waals surface area contributed by atoms with Gasteiger partial charge in [0.25, 0.3) is 0 Å². The number of fused-ring (bicyclic) bond motifs is 3. The predicted molar refractivity (Wildman–Crippen MR) is 80.0 cm³/mol. The highest BCUT2D eigenvalue weighted by Crippen LogP contribution is 2.48. The summed E-state index contributed by atoms with van der Waals surface area (Å²) in [5.41, 5.74) is 3.71. The minimum atomic E-state index is -0.246. The number of hydrogen-bond donors (Lipinski definition) is 0. The molecule has 0 spiro atoms. The molecule has 104 valence electrons. The average Bonchev–Trinajstić information content (AvgIpc) is 3.18. The first-order valence-electron chi connectivity index (χ1n) is 7.50. The van der Waals surface area contributed by atoms with Crippen molar-refractivity contribution in [3.05, 3.63) is 35.9 Å². The van der Waals surface area contributed by atoms with E-state index in [1.165, 1.54) is 29.7 Å². The van der Waals surface area contributed by atoms with E-state index in [1.807, 2.05) is 5.01 Å². The highest BCUT2D eigenvalue weighted by Gasteiger charge is 2.43. The summed E-state index contributed by atoms with van der Waals surface area (Å²) < 4.78 is 0. The summed E-state index contributed by atoms with van der Waals surface area (Å²) in [6.45, 7) is 5.10. The molecule has 3 heteroatoms. The monoisotopic (exact) mass is 268 g/mol. The molecule has 1 amide bonds. The molecule has 3 aliphatic rings. The van der Waals surface area contributed by atoms with Gasteiger partial charge in [0.2, 0.25) is 5.91 Å². The maximum Gasteiger partial charge on any atom is 0.243 e. The summed E-state index contributed by atoms with van der Waals surface area (Å²) in [5.74, 6) is 0.921. The van der Waals surface area contributed by atoms with Crippen LogP contribution >= 0.6 is 0 Å².